The van der Waals surface area contributed by atoms with Crippen molar-refractivity contribution in [1.82, 2.24) is 0 Å². The molecule has 5 heteroatoms. The molecule has 1 aliphatic heterocycles. The second kappa shape index (κ2) is 3.81. The van der Waals surface area contributed by atoms with Gasteiger partial charge in [-0.15, -0.1) is 0 Å². The lowest BCUT2D eigenvalue weighted by molar-refractivity contribution is -0.384. The molecule has 0 amide bonds. The van der Waals surface area contributed by atoms with E-state index in [4.69, 9.17) is 10.5 Å². The second-order valence-electron chi connectivity index (χ2n) is 4.85. The molecule has 18 heavy (non-hydrogen) atoms. The summed E-state index contributed by atoms with van der Waals surface area (Å²) in [5.41, 5.74) is 7.42. The molecule has 94 valence electrons. The van der Waals surface area contributed by atoms with Gasteiger partial charge in [-0.25, -0.2) is 0 Å². The average Bonchev–Trinajstić information content (AvgIpc) is 2.34. The Morgan fingerprint density at radius 1 is 1.39 bits per heavy atom. The van der Waals surface area contributed by atoms with Crippen LogP contribution in [0.1, 0.15) is 31.2 Å². The van der Waals surface area contributed by atoms with Gasteiger partial charge in [0.05, 0.1) is 4.92 Å². The van der Waals surface area contributed by atoms with Gasteiger partial charge in [0.2, 0.25) is 0 Å². The fourth-order valence-electron chi connectivity index (χ4n) is 2.63. The van der Waals surface area contributed by atoms with Gasteiger partial charge in [-0.3, -0.25) is 15.8 Å². The van der Waals surface area contributed by atoms with Crippen LogP contribution in [0.4, 0.5) is 5.69 Å². The number of nitrogens with zero attached hydrogens (tertiary/aromatic N) is 1. The third-order valence-electron chi connectivity index (χ3n) is 3.61. The topological polar surface area (TPSA) is 78.4 Å². The van der Waals surface area contributed by atoms with Crippen LogP contribution in [0.2, 0.25) is 0 Å². The van der Waals surface area contributed by atoms with Gasteiger partial charge in [-0.05, 0) is 37.0 Å². The maximum atomic E-state index is 10.8. The summed E-state index contributed by atoms with van der Waals surface area (Å²) in [6, 6.07) is 4.62. The van der Waals surface area contributed by atoms with Gasteiger partial charge in [-0.1, -0.05) is 0 Å². The van der Waals surface area contributed by atoms with Gasteiger partial charge in [0.15, 0.2) is 5.72 Å². The summed E-state index contributed by atoms with van der Waals surface area (Å²) in [5.74, 6) is 0.633. The number of fused-ring (bicyclic) bond motifs is 2. The van der Waals surface area contributed by atoms with Crippen molar-refractivity contribution in [2.75, 3.05) is 0 Å². The van der Waals surface area contributed by atoms with E-state index < -0.39 is 10.6 Å². The highest BCUT2D eigenvalue weighted by Crippen LogP contribution is 2.41. The largest absolute Gasteiger partial charge is 0.469 e. The van der Waals surface area contributed by atoms with Crippen molar-refractivity contribution in [1.29, 1.82) is 0 Å². The zero-order valence-electron chi connectivity index (χ0n) is 9.89. The molecule has 2 aliphatic rings. The van der Waals surface area contributed by atoms with E-state index in [1.165, 1.54) is 12.1 Å². The van der Waals surface area contributed by atoms with E-state index in [0.29, 0.717) is 5.75 Å². The van der Waals surface area contributed by atoms with Gasteiger partial charge < -0.3 is 4.74 Å². The van der Waals surface area contributed by atoms with Gasteiger partial charge >= 0.3 is 0 Å². The van der Waals surface area contributed by atoms with E-state index in [2.05, 4.69) is 0 Å². The molecule has 0 saturated heterocycles. The minimum atomic E-state index is -0.707. The first-order chi connectivity index (χ1) is 8.58. The first-order valence-corrected chi connectivity index (χ1v) is 6.06. The molecule has 2 N–H and O–H groups in total. The lowest BCUT2D eigenvalue weighted by Crippen LogP contribution is -2.50. The molecule has 1 atom stereocenters. The number of non-ortho nitro benzene ring substituents is 1. The molecule has 1 fully saturated rings. The fourth-order valence-corrected chi connectivity index (χ4v) is 2.63. The van der Waals surface area contributed by atoms with Crippen molar-refractivity contribution in [3.05, 3.63) is 39.4 Å². The van der Waals surface area contributed by atoms with Crippen LogP contribution in [0.15, 0.2) is 23.8 Å². The third kappa shape index (κ3) is 1.67. The normalized spacial score (nSPS) is 25.5. The molecule has 0 spiro atoms. The van der Waals surface area contributed by atoms with E-state index in [1.807, 2.05) is 6.08 Å². The molecular weight excluding hydrogens is 232 g/mol. The number of ether oxygens (including phenoxy) is 1. The van der Waals surface area contributed by atoms with Crippen molar-refractivity contribution in [3.63, 3.8) is 0 Å². The highest BCUT2D eigenvalue weighted by molar-refractivity contribution is 5.67. The highest BCUT2D eigenvalue weighted by Gasteiger charge is 2.37. The molecular formula is C13H14N2O3. The van der Waals surface area contributed by atoms with Crippen molar-refractivity contribution >= 4 is 11.8 Å². The van der Waals surface area contributed by atoms with E-state index >= 15 is 0 Å². The third-order valence-corrected chi connectivity index (χ3v) is 3.61. The second-order valence-corrected chi connectivity index (χ2v) is 4.85. The molecule has 1 unspecified atom stereocenters. The van der Waals surface area contributed by atoms with E-state index in [-0.39, 0.29) is 5.69 Å². The molecule has 0 radical (unpaired) electrons. The minimum absolute atomic E-state index is 0.0783. The molecule has 1 aliphatic carbocycles. The predicted molar refractivity (Wildman–Crippen MR) is 67.1 cm³/mol. The van der Waals surface area contributed by atoms with E-state index in [9.17, 15) is 10.1 Å². The smallest absolute Gasteiger partial charge is 0.270 e. The molecule has 5 nitrogen and oxygen atoms in total. The van der Waals surface area contributed by atoms with Crippen molar-refractivity contribution in [2.24, 2.45) is 5.73 Å². The summed E-state index contributed by atoms with van der Waals surface area (Å²) >= 11 is 0. The Labute approximate surface area is 104 Å². The summed E-state index contributed by atoms with van der Waals surface area (Å²) in [6.45, 7) is 0. The zero-order valence-corrected chi connectivity index (χ0v) is 9.89. The standard InChI is InChI=1S/C13H14N2O3/c14-13-6-2-1-3-10(13)7-9-8-11(15(16)17)4-5-12(9)18-13/h4-5,7-8H,1-3,6,14H2. The Bertz CT molecular complexity index is 553. The number of nitro groups is 1. The average molecular weight is 246 g/mol. The van der Waals surface area contributed by atoms with E-state index in [0.717, 1.165) is 36.8 Å². The van der Waals surface area contributed by atoms with Gasteiger partial charge in [0.25, 0.3) is 5.69 Å². The quantitative estimate of drug-likeness (QED) is 0.610. The number of nitro benzene ring substituents is 1. The molecule has 1 saturated carbocycles. The van der Waals surface area contributed by atoms with Gasteiger partial charge in [0.1, 0.15) is 5.75 Å². The van der Waals surface area contributed by atoms with E-state index in [1.54, 1.807) is 6.07 Å². The Kier molecular flexibility index (Phi) is 2.38. The summed E-state index contributed by atoms with van der Waals surface area (Å²) < 4.78 is 5.84. The molecule has 1 heterocycles. The maximum absolute atomic E-state index is 10.8. The zero-order chi connectivity index (χ0) is 12.8. The molecule has 0 bridgehead atoms. The minimum Gasteiger partial charge on any atom is -0.469 e. The molecule has 1 aromatic carbocycles. The van der Waals surface area contributed by atoms with Crippen molar-refractivity contribution in [2.45, 2.75) is 31.4 Å². The lowest BCUT2D eigenvalue weighted by atomic mass is 9.84. The number of nitrogens with two attached hydrogens (primary N) is 1. The first kappa shape index (κ1) is 11.2. The van der Waals surface area contributed by atoms with Crippen LogP contribution in [0, 0.1) is 10.1 Å². The SMILES string of the molecule is NC12CCCCC1=Cc1cc([N+](=O)[O-])ccc1O2. The maximum Gasteiger partial charge on any atom is 0.270 e. The Morgan fingerprint density at radius 3 is 3.00 bits per heavy atom. The van der Waals surface area contributed by atoms with Gasteiger partial charge in [-0.2, -0.15) is 0 Å². The molecule has 1 aromatic rings. The first-order valence-electron chi connectivity index (χ1n) is 6.06. The van der Waals surface area contributed by atoms with Crippen molar-refractivity contribution in [3.8, 4) is 5.75 Å². The van der Waals surface area contributed by atoms with Crippen LogP contribution >= 0.6 is 0 Å². The monoisotopic (exact) mass is 246 g/mol. The number of benzene rings is 1. The van der Waals surface area contributed by atoms with Crippen LogP contribution < -0.4 is 10.5 Å². The number of hydrogen-bond acceptors (Lipinski definition) is 4. The lowest BCUT2D eigenvalue weighted by Gasteiger charge is -2.39. The van der Waals surface area contributed by atoms with Crippen LogP contribution in [-0.2, 0) is 0 Å². The Morgan fingerprint density at radius 2 is 2.22 bits per heavy atom. The van der Waals surface area contributed by atoms with Crippen LogP contribution in [0.25, 0.3) is 6.08 Å². The fraction of sp³-hybridized carbons (Fsp3) is 0.385. The molecule has 0 aromatic heterocycles. The summed E-state index contributed by atoms with van der Waals surface area (Å²) in [7, 11) is 0. The van der Waals surface area contributed by atoms with Gasteiger partial charge in [0, 0.05) is 24.1 Å². The highest BCUT2D eigenvalue weighted by atomic mass is 16.6. The summed E-state index contributed by atoms with van der Waals surface area (Å²) in [5, 5.41) is 10.8. The number of rotatable bonds is 1. The van der Waals surface area contributed by atoms with Crippen LogP contribution in [-0.4, -0.2) is 10.6 Å². The summed E-state index contributed by atoms with van der Waals surface area (Å²) in [4.78, 5) is 10.4. The van der Waals surface area contributed by atoms with Crippen LogP contribution in [0.5, 0.6) is 5.75 Å². The summed E-state index contributed by atoms with van der Waals surface area (Å²) in [6.07, 6.45) is 5.80. The molecule has 3 rings (SSSR count). The predicted octanol–water partition coefficient (Wildman–Crippen LogP) is 2.60. The van der Waals surface area contributed by atoms with Crippen LogP contribution in [0.3, 0.4) is 0 Å². The Hall–Kier alpha value is -1.88. The Balaban J connectivity index is 2.06. The number of hydrogen-bond donors (Lipinski definition) is 1. The van der Waals surface area contributed by atoms with Crippen molar-refractivity contribution < 1.29 is 9.66 Å².